The number of ether oxygens (including phenoxy) is 1. The van der Waals surface area contributed by atoms with Crippen LogP contribution in [0.25, 0.3) is 0 Å². The van der Waals surface area contributed by atoms with Crippen LogP contribution in [-0.4, -0.2) is 48.8 Å². The normalized spacial score (nSPS) is 25.5. The molecule has 1 unspecified atom stereocenters. The zero-order valence-corrected chi connectivity index (χ0v) is 11.2. The molecule has 0 saturated carbocycles. The molecule has 0 bridgehead atoms. The fourth-order valence-corrected chi connectivity index (χ4v) is 2.73. The predicted molar refractivity (Wildman–Crippen MR) is 67.1 cm³/mol. The zero-order chi connectivity index (χ0) is 12.9. The van der Waals surface area contributed by atoms with Gasteiger partial charge < -0.3 is 14.7 Å². The monoisotopic (exact) mass is 243 g/mol. The molecule has 4 heteroatoms. The third kappa shape index (κ3) is 3.42. The molecule has 0 spiro atoms. The second-order valence-corrected chi connectivity index (χ2v) is 5.13. The van der Waals surface area contributed by atoms with Crippen LogP contribution in [0.5, 0.6) is 0 Å². The minimum Gasteiger partial charge on any atom is -0.481 e. The summed E-state index contributed by atoms with van der Waals surface area (Å²) in [4.78, 5) is 13.7. The highest BCUT2D eigenvalue weighted by Crippen LogP contribution is 2.30. The van der Waals surface area contributed by atoms with Crippen LogP contribution in [0.3, 0.4) is 0 Å². The van der Waals surface area contributed by atoms with E-state index < -0.39 is 11.4 Å². The highest BCUT2D eigenvalue weighted by Gasteiger charge is 2.42. The van der Waals surface area contributed by atoms with Crippen molar-refractivity contribution in [1.82, 2.24) is 4.90 Å². The van der Waals surface area contributed by atoms with Crippen LogP contribution in [0.1, 0.15) is 39.5 Å². The number of hydrogen-bond donors (Lipinski definition) is 1. The Hall–Kier alpha value is -0.610. The van der Waals surface area contributed by atoms with Crippen molar-refractivity contribution in [3.63, 3.8) is 0 Å². The van der Waals surface area contributed by atoms with E-state index in [1.807, 2.05) is 7.05 Å². The molecule has 1 aliphatic rings. The Morgan fingerprint density at radius 1 is 1.47 bits per heavy atom. The molecule has 1 saturated heterocycles. The Morgan fingerprint density at radius 3 is 2.53 bits per heavy atom. The van der Waals surface area contributed by atoms with Gasteiger partial charge in [0.2, 0.25) is 0 Å². The van der Waals surface area contributed by atoms with Crippen molar-refractivity contribution in [2.45, 2.75) is 45.6 Å². The standard InChI is InChI=1S/C13H25NO3/c1-4-11(5-2)14(3)9-13(12(15)16)7-6-8-17-10-13/h11H,4-10H2,1-3H3,(H,15,16). The van der Waals surface area contributed by atoms with Gasteiger partial charge in [-0.1, -0.05) is 13.8 Å². The number of aliphatic carboxylic acids is 1. The van der Waals surface area contributed by atoms with E-state index in [0.717, 1.165) is 25.7 Å². The summed E-state index contributed by atoms with van der Waals surface area (Å²) in [6.07, 6.45) is 3.70. The van der Waals surface area contributed by atoms with Crippen LogP contribution in [0, 0.1) is 5.41 Å². The molecule has 1 heterocycles. The first-order valence-electron chi connectivity index (χ1n) is 6.57. The van der Waals surface area contributed by atoms with Crippen LogP contribution in [0.4, 0.5) is 0 Å². The van der Waals surface area contributed by atoms with Crippen molar-refractivity contribution in [2.24, 2.45) is 5.41 Å². The third-order valence-electron chi connectivity index (χ3n) is 3.89. The molecule has 1 N–H and O–H groups in total. The summed E-state index contributed by atoms with van der Waals surface area (Å²) in [6, 6.07) is 0.466. The van der Waals surface area contributed by atoms with Crippen molar-refractivity contribution < 1.29 is 14.6 Å². The van der Waals surface area contributed by atoms with Gasteiger partial charge in [-0.3, -0.25) is 4.79 Å². The van der Waals surface area contributed by atoms with Gasteiger partial charge in [0.1, 0.15) is 5.41 Å². The van der Waals surface area contributed by atoms with Gasteiger partial charge in [-0.05, 0) is 32.7 Å². The number of carboxylic acids is 1. The van der Waals surface area contributed by atoms with Crippen LogP contribution in [0.2, 0.25) is 0 Å². The second-order valence-electron chi connectivity index (χ2n) is 5.13. The molecule has 100 valence electrons. The van der Waals surface area contributed by atoms with Crippen molar-refractivity contribution in [2.75, 3.05) is 26.8 Å². The molecule has 1 aliphatic heterocycles. The van der Waals surface area contributed by atoms with Gasteiger partial charge >= 0.3 is 5.97 Å². The fourth-order valence-electron chi connectivity index (χ4n) is 2.73. The van der Waals surface area contributed by atoms with Crippen molar-refractivity contribution in [1.29, 1.82) is 0 Å². The van der Waals surface area contributed by atoms with Gasteiger partial charge in [0.15, 0.2) is 0 Å². The number of carbonyl (C=O) groups is 1. The highest BCUT2D eigenvalue weighted by atomic mass is 16.5. The van der Waals surface area contributed by atoms with Crippen molar-refractivity contribution in [3.05, 3.63) is 0 Å². The molecule has 4 nitrogen and oxygen atoms in total. The van der Waals surface area contributed by atoms with Gasteiger partial charge in [0.05, 0.1) is 6.61 Å². The van der Waals surface area contributed by atoms with Gasteiger partial charge in [-0.15, -0.1) is 0 Å². The fraction of sp³-hybridized carbons (Fsp3) is 0.923. The molecular formula is C13H25NO3. The topological polar surface area (TPSA) is 49.8 Å². The van der Waals surface area contributed by atoms with Crippen LogP contribution < -0.4 is 0 Å². The first kappa shape index (κ1) is 14.5. The first-order valence-corrected chi connectivity index (χ1v) is 6.57. The van der Waals surface area contributed by atoms with Crippen LogP contribution >= 0.6 is 0 Å². The molecule has 0 aliphatic carbocycles. The molecule has 1 rings (SSSR count). The average molecular weight is 243 g/mol. The van der Waals surface area contributed by atoms with E-state index in [1.54, 1.807) is 0 Å². The van der Waals surface area contributed by atoms with Gasteiger partial charge in [-0.2, -0.15) is 0 Å². The zero-order valence-electron chi connectivity index (χ0n) is 11.2. The summed E-state index contributed by atoms with van der Waals surface area (Å²) in [7, 11) is 2.02. The van der Waals surface area contributed by atoms with E-state index in [4.69, 9.17) is 4.74 Å². The Bertz CT molecular complexity index is 245. The summed E-state index contributed by atoms with van der Waals surface area (Å²) in [5.41, 5.74) is -0.699. The number of carboxylic acid groups (broad SMARTS) is 1. The SMILES string of the molecule is CCC(CC)N(C)CC1(C(=O)O)CCCOC1. The number of nitrogens with zero attached hydrogens (tertiary/aromatic N) is 1. The maximum Gasteiger partial charge on any atom is 0.313 e. The van der Waals surface area contributed by atoms with E-state index in [-0.39, 0.29) is 0 Å². The molecule has 1 atom stereocenters. The first-order chi connectivity index (χ1) is 8.05. The molecule has 0 aromatic heterocycles. The number of rotatable bonds is 6. The molecule has 0 aromatic carbocycles. The van der Waals surface area contributed by atoms with E-state index in [0.29, 0.717) is 25.8 Å². The minimum atomic E-state index is -0.713. The molecule has 17 heavy (non-hydrogen) atoms. The molecule has 0 aromatic rings. The Balaban J connectivity index is 2.69. The van der Waals surface area contributed by atoms with E-state index in [9.17, 15) is 9.90 Å². The summed E-state index contributed by atoms with van der Waals surface area (Å²) in [5, 5.41) is 9.46. The lowest BCUT2D eigenvalue weighted by Gasteiger charge is -2.38. The van der Waals surface area contributed by atoms with Crippen LogP contribution in [-0.2, 0) is 9.53 Å². The second kappa shape index (κ2) is 6.36. The Labute approximate surface area is 104 Å². The van der Waals surface area contributed by atoms with E-state index >= 15 is 0 Å². The molecular weight excluding hydrogens is 218 g/mol. The lowest BCUT2D eigenvalue weighted by molar-refractivity contribution is -0.159. The lowest BCUT2D eigenvalue weighted by Crippen LogP contribution is -2.49. The van der Waals surface area contributed by atoms with E-state index in [1.165, 1.54) is 0 Å². The van der Waals surface area contributed by atoms with Crippen molar-refractivity contribution >= 4 is 5.97 Å². The maximum atomic E-state index is 11.5. The highest BCUT2D eigenvalue weighted by molar-refractivity contribution is 5.75. The smallest absolute Gasteiger partial charge is 0.313 e. The van der Waals surface area contributed by atoms with E-state index in [2.05, 4.69) is 18.7 Å². The summed E-state index contributed by atoms with van der Waals surface area (Å²) < 4.78 is 5.39. The third-order valence-corrected chi connectivity index (χ3v) is 3.89. The summed E-state index contributed by atoms with van der Waals surface area (Å²) >= 11 is 0. The number of hydrogen-bond acceptors (Lipinski definition) is 3. The maximum absolute atomic E-state index is 11.5. The molecule has 0 amide bonds. The molecule has 0 radical (unpaired) electrons. The Kier molecular flexibility index (Phi) is 5.40. The molecule has 1 fully saturated rings. The summed E-state index contributed by atoms with van der Waals surface area (Å²) in [6.45, 7) is 5.94. The largest absolute Gasteiger partial charge is 0.481 e. The van der Waals surface area contributed by atoms with Crippen molar-refractivity contribution in [3.8, 4) is 0 Å². The Morgan fingerprint density at radius 2 is 2.12 bits per heavy atom. The van der Waals surface area contributed by atoms with Gasteiger partial charge in [0.25, 0.3) is 0 Å². The lowest BCUT2D eigenvalue weighted by atomic mass is 9.81. The quantitative estimate of drug-likeness (QED) is 0.775. The predicted octanol–water partition coefficient (Wildman–Crippen LogP) is 1.99. The van der Waals surface area contributed by atoms with Crippen LogP contribution in [0.15, 0.2) is 0 Å². The average Bonchev–Trinajstić information content (AvgIpc) is 2.31. The summed E-state index contributed by atoms with van der Waals surface area (Å²) in [5.74, 6) is -0.713. The van der Waals surface area contributed by atoms with Gasteiger partial charge in [0, 0.05) is 19.2 Å². The minimum absolute atomic E-state index is 0.354. The van der Waals surface area contributed by atoms with Gasteiger partial charge in [-0.25, -0.2) is 0 Å².